The third-order valence-corrected chi connectivity index (χ3v) is 5.70. The Morgan fingerprint density at radius 1 is 0.905 bits per heavy atom. The van der Waals surface area contributed by atoms with Gasteiger partial charge in [0.1, 0.15) is 0 Å². The van der Waals surface area contributed by atoms with Gasteiger partial charge in [-0.25, -0.2) is 0 Å². The predicted molar refractivity (Wildman–Crippen MR) is 90.7 cm³/mol. The van der Waals surface area contributed by atoms with Crippen LogP contribution in [0, 0.1) is 13.8 Å². The molecule has 0 unspecified atom stereocenters. The molecule has 1 saturated heterocycles. The van der Waals surface area contributed by atoms with E-state index in [1.807, 2.05) is 0 Å². The van der Waals surface area contributed by atoms with E-state index in [0.29, 0.717) is 0 Å². The zero-order chi connectivity index (χ0) is 14.8. The highest BCUT2D eigenvalue weighted by atomic mass is 15.2. The molecular formula is C19H30N2. The number of likely N-dealkylation sites (tertiary alicyclic amines) is 1. The van der Waals surface area contributed by atoms with Gasteiger partial charge in [0.05, 0.1) is 0 Å². The molecule has 0 aromatic heterocycles. The summed E-state index contributed by atoms with van der Waals surface area (Å²) < 4.78 is 0. The van der Waals surface area contributed by atoms with Crippen LogP contribution in [0.2, 0.25) is 0 Å². The maximum atomic E-state index is 6.03. The third kappa shape index (κ3) is 3.26. The van der Waals surface area contributed by atoms with Gasteiger partial charge in [-0.3, -0.25) is 0 Å². The molecule has 2 aliphatic rings. The summed E-state index contributed by atoms with van der Waals surface area (Å²) in [5.74, 6) is 0.755. The fourth-order valence-electron chi connectivity index (χ4n) is 4.34. The predicted octanol–water partition coefficient (Wildman–Crippen LogP) is 4.40. The number of piperidine rings is 1. The molecule has 0 radical (unpaired) electrons. The Morgan fingerprint density at radius 3 is 2.24 bits per heavy atom. The highest BCUT2D eigenvalue weighted by molar-refractivity contribution is 5.52. The summed E-state index contributed by atoms with van der Waals surface area (Å²) in [5.41, 5.74) is 11.2. The van der Waals surface area contributed by atoms with E-state index in [4.69, 9.17) is 5.73 Å². The Hall–Kier alpha value is -1.02. The lowest BCUT2D eigenvalue weighted by molar-refractivity contribution is 0.125. The first-order chi connectivity index (χ1) is 10.1. The minimum Gasteiger partial charge on any atom is -0.399 e. The number of benzene rings is 1. The van der Waals surface area contributed by atoms with Crippen LogP contribution >= 0.6 is 0 Å². The number of nitrogens with zero attached hydrogens (tertiary/aromatic N) is 1. The van der Waals surface area contributed by atoms with Crippen molar-refractivity contribution < 1.29 is 0 Å². The number of hydrogen-bond donors (Lipinski definition) is 1. The lowest BCUT2D eigenvalue weighted by atomic mass is 9.79. The smallest absolute Gasteiger partial charge is 0.0346 e. The molecule has 3 rings (SSSR count). The van der Waals surface area contributed by atoms with E-state index in [-0.39, 0.29) is 0 Å². The third-order valence-electron chi connectivity index (χ3n) is 5.70. The average Bonchev–Trinajstić information content (AvgIpc) is 2.52. The average molecular weight is 286 g/mol. The quantitative estimate of drug-likeness (QED) is 0.817. The molecule has 2 fully saturated rings. The second-order valence-corrected chi connectivity index (χ2v) is 7.17. The van der Waals surface area contributed by atoms with Gasteiger partial charge in [-0.2, -0.15) is 0 Å². The number of hydrogen-bond acceptors (Lipinski definition) is 2. The number of anilines is 1. The van der Waals surface area contributed by atoms with Crippen LogP contribution < -0.4 is 5.73 Å². The van der Waals surface area contributed by atoms with Crippen LogP contribution in [0.3, 0.4) is 0 Å². The number of nitrogen functional groups attached to an aromatic ring is 1. The molecule has 116 valence electrons. The zero-order valence-corrected chi connectivity index (χ0v) is 13.7. The van der Waals surface area contributed by atoms with Crippen molar-refractivity contribution in [2.24, 2.45) is 0 Å². The van der Waals surface area contributed by atoms with Crippen molar-refractivity contribution in [3.63, 3.8) is 0 Å². The van der Waals surface area contributed by atoms with Gasteiger partial charge in [0.15, 0.2) is 0 Å². The van der Waals surface area contributed by atoms with Crippen molar-refractivity contribution in [1.29, 1.82) is 0 Å². The van der Waals surface area contributed by atoms with E-state index in [1.165, 1.54) is 69.2 Å². The topological polar surface area (TPSA) is 29.3 Å². The normalized spacial score (nSPS) is 27.7. The van der Waals surface area contributed by atoms with Gasteiger partial charge in [-0.1, -0.05) is 12.5 Å². The van der Waals surface area contributed by atoms with Crippen molar-refractivity contribution in [3.8, 4) is 0 Å². The molecule has 1 heterocycles. The Labute approximate surface area is 129 Å². The van der Waals surface area contributed by atoms with Crippen LogP contribution in [-0.2, 0) is 0 Å². The molecule has 0 spiro atoms. The fourth-order valence-corrected chi connectivity index (χ4v) is 4.34. The van der Waals surface area contributed by atoms with E-state index in [0.717, 1.165) is 17.6 Å². The van der Waals surface area contributed by atoms with Crippen LogP contribution in [0.15, 0.2) is 12.1 Å². The lowest BCUT2D eigenvalue weighted by Crippen LogP contribution is -2.41. The Kier molecular flexibility index (Phi) is 4.54. The van der Waals surface area contributed by atoms with Crippen molar-refractivity contribution in [3.05, 3.63) is 28.8 Å². The van der Waals surface area contributed by atoms with Gasteiger partial charge in [-0.05, 0) is 94.1 Å². The van der Waals surface area contributed by atoms with Gasteiger partial charge in [0.25, 0.3) is 0 Å². The van der Waals surface area contributed by atoms with Crippen molar-refractivity contribution >= 4 is 5.69 Å². The number of rotatable bonds is 2. The monoisotopic (exact) mass is 286 g/mol. The highest BCUT2D eigenvalue weighted by Crippen LogP contribution is 2.37. The molecule has 0 atom stereocenters. The second-order valence-electron chi connectivity index (χ2n) is 7.17. The van der Waals surface area contributed by atoms with E-state index in [1.54, 1.807) is 5.56 Å². The van der Waals surface area contributed by atoms with Crippen molar-refractivity contribution in [2.75, 3.05) is 18.8 Å². The maximum absolute atomic E-state index is 6.03. The van der Waals surface area contributed by atoms with E-state index in [9.17, 15) is 0 Å². The summed E-state index contributed by atoms with van der Waals surface area (Å²) in [6.07, 6.45) is 9.74. The first-order valence-electron chi connectivity index (χ1n) is 8.76. The van der Waals surface area contributed by atoms with E-state index in [2.05, 4.69) is 30.9 Å². The molecule has 1 aliphatic heterocycles. The van der Waals surface area contributed by atoms with Crippen molar-refractivity contribution in [2.45, 2.75) is 70.8 Å². The molecule has 1 saturated carbocycles. The van der Waals surface area contributed by atoms with E-state index < -0.39 is 0 Å². The molecule has 2 N–H and O–H groups in total. The molecule has 1 aliphatic carbocycles. The zero-order valence-electron chi connectivity index (χ0n) is 13.7. The second kappa shape index (κ2) is 6.39. The molecule has 0 bridgehead atoms. The molecule has 1 aromatic rings. The fraction of sp³-hybridized carbons (Fsp3) is 0.684. The molecule has 2 nitrogen and oxygen atoms in total. The summed E-state index contributed by atoms with van der Waals surface area (Å²) in [7, 11) is 0. The standard InChI is InChI=1S/C19H30N2/c1-14-13-19(20)15(2)12-18(14)16-6-8-17(9-7-16)21-10-4-3-5-11-21/h12-13,16-17H,3-11,20H2,1-2H3. The van der Waals surface area contributed by atoms with Crippen LogP contribution in [0.1, 0.15) is 67.6 Å². The summed E-state index contributed by atoms with van der Waals surface area (Å²) in [5, 5.41) is 0. The van der Waals surface area contributed by atoms with Gasteiger partial charge in [0, 0.05) is 11.7 Å². The first kappa shape index (κ1) is 14.9. The minimum absolute atomic E-state index is 0.755. The minimum atomic E-state index is 0.755. The lowest BCUT2D eigenvalue weighted by Gasteiger charge is -2.39. The van der Waals surface area contributed by atoms with Gasteiger partial charge in [0.2, 0.25) is 0 Å². The van der Waals surface area contributed by atoms with Crippen LogP contribution in [-0.4, -0.2) is 24.0 Å². The first-order valence-corrected chi connectivity index (χ1v) is 8.76. The molecule has 2 heteroatoms. The van der Waals surface area contributed by atoms with E-state index >= 15 is 0 Å². The summed E-state index contributed by atoms with van der Waals surface area (Å²) in [6.45, 7) is 7.05. The Bertz CT molecular complexity index is 481. The number of nitrogens with two attached hydrogens (primary N) is 1. The Balaban J connectivity index is 1.64. The van der Waals surface area contributed by atoms with Crippen molar-refractivity contribution in [1.82, 2.24) is 4.90 Å². The SMILES string of the molecule is Cc1cc(C2CCC(N3CCCCC3)CC2)c(C)cc1N. The summed E-state index contributed by atoms with van der Waals surface area (Å²) >= 11 is 0. The van der Waals surface area contributed by atoms with Crippen LogP contribution in [0.5, 0.6) is 0 Å². The molecule has 1 aromatic carbocycles. The Morgan fingerprint density at radius 2 is 1.57 bits per heavy atom. The summed E-state index contributed by atoms with van der Waals surface area (Å²) in [4.78, 5) is 2.76. The van der Waals surface area contributed by atoms with Gasteiger partial charge in [-0.15, -0.1) is 0 Å². The highest BCUT2D eigenvalue weighted by Gasteiger charge is 2.28. The molecule has 0 amide bonds. The maximum Gasteiger partial charge on any atom is 0.0346 e. The van der Waals surface area contributed by atoms with Crippen LogP contribution in [0.25, 0.3) is 0 Å². The van der Waals surface area contributed by atoms with Crippen LogP contribution in [0.4, 0.5) is 5.69 Å². The number of aryl methyl sites for hydroxylation is 2. The summed E-state index contributed by atoms with van der Waals surface area (Å²) in [6, 6.07) is 5.37. The van der Waals surface area contributed by atoms with Gasteiger partial charge >= 0.3 is 0 Å². The molecular weight excluding hydrogens is 256 g/mol. The molecule has 21 heavy (non-hydrogen) atoms. The van der Waals surface area contributed by atoms with Gasteiger partial charge < -0.3 is 10.6 Å². The largest absolute Gasteiger partial charge is 0.399 e.